The number of likely N-dealkylation sites (N-methyl/N-ethyl adjacent to an activating group) is 1. The molecule has 2 atom stereocenters. The summed E-state index contributed by atoms with van der Waals surface area (Å²) in [6.07, 6.45) is 0. The van der Waals surface area contributed by atoms with E-state index in [1.807, 2.05) is 31.2 Å². The molecule has 1 aromatic rings. The van der Waals surface area contributed by atoms with Gasteiger partial charge in [0, 0.05) is 17.1 Å². The van der Waals surface area contributed by atoms with E-state index >= 15 is 0 Å². The van der Waals surface area contributed by atoms with E-state index in [9.17, 15) is 4.79 Å². The summed E-state index contributed by atoms with van der Waals surface area (Å²) in [7, 11) is 0. The predicted molar refractivity (Wildman–Crippen MR) is 77.8 cm³/mol. The zero-order valence-electron chi connectivity index (χ0n) is 11.0. The quantitative estimate of drug-likeness (QED) is 0.865. The Morgan fingerprint density at radius 3 is 2.95 bits per heavy atom. The molecule has 1 fully saturated rings. The molecule has 2 N–H and O–H groups in total. The highest BCUT2D eigenvalue weighted by Crippen LogP contribution is 2.17. The number of carbonyl (C=O) groups excluding carboxylic acids is 1. The summed E-state index contributed by atoms with van der Waals surface area (Å²) in [5.74, 6) is -0.0401. The molecule has 19 heavy (non-hydrogen) atoms. The number of rotatable bonds is 5. The van der Waals surface area contributed by atoms with Gasteiger partial charge in [-0.15, -0.1) is 0 Å². The van der Waals surface area contributed by atoms with E-state index < -0.39 is 0 Å². The van der Waals surface area contributed by atoms with Gasteiger partial charge < -0.3 is 15.4 Å². The summed E-state index contributed by atoms with van der Waals surface area (Å²) in [6, 6.07) is 8.02. The van der Waals surface area contributed by atoms with E-state index in [0.717, 1.165) is 16.6 Å². The van der Waals surface area contributed by atoms with Crippen LogP contribution in [0.1, 0.15) is 12.5 Å². The summed E-state index contributed by atoms with van der Waals surface area (Å²) in [4.78, 5) is 12.2. The first-order valence-corrected chi connectivity index (χ1v) is 7.34. The first-order chi connectivity index (χ1) is 9.22. The van der Waals surface area contributed by atoms with E-state index in [2.05, 4.69) is 26.6 Å². The van der Waals surface area contributed by atoms with Crippen LogP contribution >= 0.6 is 15.9 Å². The smallest absolute Gasteiger partial charge is 0.227 e. The van der Waals surface area contributed by atoms with Gasteiger partial charge in [0.2, 0.25) is 5.91 Å². The minimum Gasteiger partial charge on any atom is -0.379 e. The third-order valence-corrected chi connectivity index (χ3v) is 4.07. The average Bonchev–Trinajstić information content (AvgIpc) is 2.86. The monoisotopic (exact) mass is 326 g/mol. The Kier molecular flexibility index (Phi) is 5.36. The van der Waals surface area contributed by atoms with E-state index in [0.29, 0.717) is 19.8 Å². The van der Waals surface area contributed by atoms with Crippen LogP contribution in [0.4, 0.5) is 0 Å². The lowest BCUT2D eigenvalue weighted by atomic mass is 10.0. The lowest BCUT2D eigenvalue weighted by molar-refractivity contribution is -0.125. The van der Waals surface area contributed by atoms with E-state index in [4.69, 9.17) is 4.74 Å². The van der Waals surface area contributed by atoms with Crippen LogP contribution in [0, 0.1) is 5.92 Å². The Labute approximate surface area is 122 Å². The number of hydrogen-bond donors (Lipinski definition) is 2. The maximum absolute atomic E-state index is 12.2. The summed E-state index contributed by atoms with van der Waals surface area (Å²) in [5.41, 5.74) is 1.08. The second-order valence-corrected chi connectivity index (χ2v) is 5.47. The fourth-order valence-corrected chi connectivity index (χ4v) is 2.66. The summed E-state index contributed by atoms with van der Waals surface area (Å²) in [6.45, 7) is 4.53. The Hall–Kier alpha value is -0.910. The van der Waals surface area contributed by atoms with Gasteiger partial charge in [-0.05, 0) is 18.2 Å². The van der Waals surface area contributed by atoms with E-state index in [1.54, 1.807) is 0 Å². The van der Waals surface area contributed by atoms with Crippen LogP contribution in [0.5, 0.6) is 0 Å². The van der Waals surface area contributed by atoms with Gasteiger partial charge in [0.15, 0.2) is 0 Å². The number of halogens is 1. The van der Waals surface area contributed by atoms with Crippen molar-refractivity contribution in [2.24, 2.45) is 5.92 Å². The molecule has 1 saturated heterocycles. The maximum atomic E-state index is 12.2. The fourth-order valence-electron chi connectivity index (χ4n) is 2.23. The van der Waals surface area contributed by atoms with Gasteiger partial charge >= 0.3 is 0 Å². The molecule has 1 amide bonds. The van der Waals surface area contributed by atoms with Crippen molar-refractivity contribution in [1.29, 1.82) is 0 Å². The van der Waals surface area contributed by atoms with Gasteiger partial charge in [0.1, 0.15) is 0 Å². The Balaban J connectivity index is 1.89. The minimum absolute atomic E-state index is 0.0548. The largest absolute Gasteiger partial charge is 0.379 e. The van der Waals surface area contributed by atoms with Gasteiger partial charge in [-0.25, -0.2) is 0 Å². The molecule has 0 aromatic heterocycles. The van der Waals surface area contributed by atoms with E-state index in [1.165, 1.54) is 0 Å². The van der Waals surface area contributed by atoms with Gasteiger partial charge in [0.25, 0.3) is 0 Å². The SMILES string of the molecule is CCNC1COCC1C(=O)NCc1ccccc1Br. The van der Waals surface area contributed by atoms with Crippen LogP contribution in [0.15, 0.2) is 28.7 Å². The van der Waals surface area contributed by atoms with Crippen molar-refractivity contribution in [3.63, 3.8) is 0 Å². The molecule has 0 bridgehead atoms. The number of hydrogen-bond acceptors (Lipinski definition) is 3. The summed E-state index contributed by atoms with van der Waals surface area (Å²) >= 11 is 3.48. The molecule has 5 heteroatoms. The topological polar surface area (TPSA) is 50.4 Å². The molecule has 0 spiro atoms. The van der Waals surface area contributed by atoms with Gasteiger partial charge in [-0.1, -0.05) is 41.1 Å². The third-order valence-electron chi connectivity index (χ3n) is 3.29. The first-order valence-electron chi connectivity index (χ1n) is 6.54. The minimum atomic E-state index is -0.0950. The molecule has 104 valence electrons. The zero-order chi connectivity index (χ0) is 13.7. The molecule has 1 aliphatic heterocycles. The van der Waals surface area contributed by atoms with Crippen LogP contribution in [0.25, 0.3) is 0 Å². The Morgan fingerprint density at radius 1 is 1.42 bits per heavy atom. The highest BCUT2D eigenvalue weighted by Gasteiger charge is 2.33. The summed E-state index contributed by atoms with van der Waals surface area (Å²) < 4.78 is 6.40. The number of nitrogens with one attached hydrogen (secondary N) is 2. The van der Waals surface area contributed by atoms with Crippen LogP contribution in [-0.4, -0.2) is 31.7 Å². The van der Waals surface area contributed by atoms with Gasteiger partial charge in [-0.3, -0.25) is 4.79 Å². The van der Waals surface area contributed by atoms with Crippen molar-refractivity contribution in [1.82, 2.24) is 10.6 Å². The van der Waals surface area contributed by atoms with Crippen molar-refractivity contribution in [2.75, 3.05) is 19.8 Å². The maximum Gasteiger partial charge on any atom is 0.227 e. The highest BCUT2D eigenvalue weighted by molar-refractivity contribution is 9.10. The second-order valence-electron chi connectivity index (χ2n) is 4.62. The molecule has 0 saturated carbocycles. The van der Waals surface area contributed by atoms with Crippen LogP contribution in [0.2, 0.25) is 0 Å². The highest BCUT2D eigenvalue weighted by atomic mass is 79.9. The number of ether oxygens (including phenoxy) is 1. The molecule has 1 heterocycles. The second kappa shape index (κ2) is 7.03. The summed E-state index contributed by atoms with van der Waals surface area (Å²) in [5, 5.41) is 6.27. The molecule has 2 rings (SSSR count). The fraction of sp³-hybridized carbons (Fsp3) is 0.500. The van der Waals surface area contributed by atoms with Crippen molar-refractivity contribution in [2.45, 2.75) is 19.5 Å². The van der Waals surface area contributed by atoms with Crippen molar-refractivity contribution in [3.05, 3.63) is 34.3 Å². The van der Waals surface area contributed by atoms with Crippen molar-refractivity contribution < 1.29 is 9.53 Å². The van der Waals surface area contributed by atoms with Crippen molar-refractivity contribution >= 4 is 21.8 Å². The molecule has 4 nitrogen and oxygen atoms in total. The average molecular weight is 327 g/mol. The van der Waals surface area contributed by atoms with Gasteiger partial charge in [0.05, 0.1) is 19.1 Å². The first kappa shape index (κ1) is 14.5. The molecular formula is C14H19BrN2O2. The molecule has 2 unspecified atom stereocenters. The lowest BCUT2D eigenvalue weighted by Gasteiger charge is -2.18. The number of benzene rings is 1. The number of amides is 1. The van der Waals surface area contributed by atoms with Crippen LogP contribution in [-0.2, 0) is 16.1 Å². The molecule has 1 aliphatic rings. The van der Waals surface area contributed by atoms with Crippen LogP contribution < -0.4 is 10.6 Å². The number of carbonyl (C=O) groups is 1. The molecular weight excluding hydrogens is 308 g/mol. The van der Waals surface area contributed by atoms with Crippen LogP contribution in [0.3, 0.4) is 0 Å². The van der Waals surface area contributed by atoms with E-state index in [-0.39, 0.29) is 17.9 Å². The standard InChI is InChI=1S/C14H19BrN2O2/c1-2-16-13-9-19-8-11(13)14(18)17-7-10-5-3-4-6-12(10)15/h3-6,11,13,16H,2,7-9H2,1H3,(H,17,18). The Bertz CT molecular complexity index is 439. The molecule has 0 aliphatic carbocycles. The molecule has 0 radical (unpaired) electrons. The normalized spacial score (nSPS) is 22.4. The lowest BCUT2D eigenvalue weighted by Crippen LogP contribution is -2.43. The Morgan fingerprint density at radius 2 is 2.21 bits per heavy atom. The third kappa shape index (κ3) is 3.78. The zero-order valence-corrected chi connectivity index (χ0v) is 12.6. The molecule has 1 aromatic carbocycles. The van der Waals surface area contributed by atoms with Gasteiger partial charge in [-0.2, -0.15) is 0 Å². The predicted octanol–water partition coefficient (Wildman–Crippen LogP) is 1.69. The van der Waals surface area contributed by atoms with Crippen molar-refractivity contribution in [3.8, 4) is 0 Å².